The molecule has 0 aliphatic heterocycles. The van der Waals surface area contributed by atoms with Gasteiger partial charge < -0.3 is 14.6 Å². The van der Waals surface area contributed by atoms with Gasteiger partial charge in [0.2, 0.25) is 6.04 Å². The summed E-state index contributed by atoms with van der Waals surface area (Å²) >= 11 is 0. The minimum absolute atomic E-state index is 0.273. The maximum Gasteiger partial charge on any atom is 0.245 e. The van der Waals surface area contributed by atoms with E-state index in [1.807, 2.05) is 0 Å². The summed E-state index contributed by atoms with van der Waals surface area (Å²) in [4.78, 5) is 22.0. The molecule has 0 spiro atoms. The highest BCUT2D eigenvalue weighted by molar-refractivity contribution is 5.57. The number of carbonyl (C=O) groups excluding carboxylic acids is 1. The van der Waals surface area contributed by atoms with E-state index in [1.165, 1.54) is 7.11 Å². The van der Waals surface area contributed by atoms with Crippen molar-refractivity contribution in [3.05, 3.63) is 39.9 Å². The molecule has 1 aromatic rings. The van der Waals surface area contributed by atoms with E-state index in [4.69, 9.17) is 4.74 Å². The molecule has 0 aromatic heterocycles. The second-order valence-electron chi connectivity index (χ2n) is 5.02. The Morgan fingerprint density at radius 3 is 2.80 bits per heavy atom. The number of rotatable bonds is 4. The topological polar surface area (TPSA) is 89.7 Å². The zero-order valence-corrected chi connectivity index (χ0v) is 11.1. The van der Waals surface area contributed by atoms with Gasteiger partial charge in [-0.25, -0.2) is 0 Å². The molecule has 0 bridgehead atoms. The van der Waals surface area contributed by atoms with Crippen LogP contribution in [0.3, 0.4) is 0 Å². The van der Waals surface area contributed by atoms with Crippen molar-refractivity contribution in [3.63, 3.8) is 0 Å². The van der Waals surface area contributed by atoms with Gasteiger partial charge >= 0.3 is 0 Å². The molecule has 0 heterocycles. The Kier molecular flexibility index (Phi) is 4.34. The maximum absolute atomic E-state index is 11.3. The van der Waals surface area contributed by atoms with Crippen LogP contribution in [-0.2, 0) is 4.79 Å². The number of carbonyl (C=O) groups is 1. The number of aldehydes is 1. The van der Waals surface area contributed by atoms with Gasteiger partial charge in [0.05, 0.1) is 13.0 Å². The van der Waals surface area contributed by atoms with Crippen LogP contribution in [0.2, 0.25) is 0 Å². The van der Waals surface area contributed by atoms with Crippen LogP contribution in [0, 0.1) is 16.0 Å². The zero-order chi connectivity index (χ0) is 14.7. The Morgan fingerprint density at radius 2 is 2.20 bits per heavy atom. The van der Waals surface area contributed by atoms with E-state index in [0.717, 1.165) is 6.29 Å². The first kappa shape index (κ1) is 14.5. The molecule has 4 atom stereocenters. The van der Waals surface area contributed by atoms with E-state index < -0.39 is 28.9 Å². The summed E-state index contributed by atoms with van der Waals surface area (Å²) in [5.41, 5.74) is 0.655. The lowest BCUT2D eigenvalue weighted by molar-refractivity contribution is -0.542. The Morgan fingerprint density at radius 1 is 1.45 bits per heavy atom. The molecule has 1 N–H and O–H groups in total. The normalized spacial score (nSPS) is 29.7. The van der Waals surface area contributed by atoms with Gasteiger partial charge in [-0.05, 0) is 30.5 Å². The number of aliphatic hydroxyl groups is 1. The van der Waals surface area contributed by atoms with E-state index in [-0.39, 0.29) is 6.42 Å². The summed E-state index contributed by atoms with van der Waals surface area (Å²) in [6.45, 7) is 0. The van der Waals surface area contributed by atoms with Crippen LogP contribution in [0.25, 0.3) is 0 Å². The SMILES string of the molecule is COc1cccc([C@H]2[C@H]([N+](=O)[O-])[C@H](O)CC[C@@H]2C=O)c1. The van der Waals surface area contributed by atoms with Crippen molar-refractivity contribution < 1.29 is 19.6 Å². The van der Waals surface area contributed by atoms with Crippen LogP contribution >= 0.6 is 0 Å². The van der Waals surface area contributed by atoms with E-state index in [1.54, 1.807) is 24.3 Å². The molecule has 6 heteroatoms. The number of benzene rings is 1. The quantitative estimate of drug-likeness (QED) is 0.511. The summed E-state index contributed by atoms with van der Waals surface area (Å²) < 4.78 is 5.12. The molecule has 1 aromatic carbocycles. The molecule has 20 heavy (non-hydrogen) atoms. The first-order valence-corrected chi connectivity index (χ1v) is 6.49. The number of nitro groups is 1. The van der Waals surface area contributed by atoms with Gasteiger partial charge in [0.15, 0.2) is 0 Å². The molecular formula is C14H17NO5. The summed E-state index contributed by atoms with van der Waals surface area (Å²) in [6, 6.07) is 5.73. The van der Waals surface area contributed by atoms with Crippen molar-refractivity contribution >= 4 is 6.29 Å². The Hall–Kier alpha value is -1.95. The number of nitrogens with zero attached hydrogens (tertiary/aromatic N) is 1. The zero-order valence-electron chi connectivity index (χ0n) is 11.1. The molecule has 2 rings (SSSR count). The van der Waals surface area contributed by atoms with Gasteiger partial charge in [0.1, 0.15) is 18.1 Å². The molecule has 1 fully saturated rings. The fraction of sp³-hybridized carbons (Fsp3) is 0.500. The van der Waals surface area contributed by atoms with Crippen LogP contribution in [-0.4, -0.2) is 35.6 Å². The van der Waals surface area contributed by atoms with Crippen LogP contribution in [0.15, 0.2) is 24.3 Å². The van der Waals surface area contributed by atoms with E-state index in [0.29, 0.717) is 17.7 Å². The molecule has 1 saturated carbocycles. The highest BCUT2D eigenvalue weighted by Gasteiger charge is 2.47. The molecule has 0 radical (unpaired) electrons. The first-order valence-electron chi connectivity index (χ1n) is 6.49. The highest BCUT2D eigenvalue weighted by atomic mass is 16.6. The Bertz CT molecular complexity index is 504. The molecule has 0 amide bonds. The Balaban J connectivity index is 2.44. The molecule has 0 unspecified atom stereocenters. The van der Waals surface area contributed by atoms with Crippen LogP contribution in [0.1, 0.15) is 24.3 Å². The van der Waals surface area contributed by atoms with Gasteiger partial charge in [0, 0.05) is 10.8 Å². The third-order valence-electron chi connectivity index (χ3n) is 3.92. The standard InChI is InChI=1S/C14H17NO5/c1-20-11-4-2-3-9(7-11)13-10(8-16)5-6-12(17)14(13)15(18)19/h2-4,7-8,10,12-14,17H,5-6H2,1H3/t10-,12-,13-,14-/m1/s1. The molecule has 1 aliphatic rings. The summed E-state index contributed by atoms with van der Waals surface area (Å²) in [7, 11) is 1.51. The number of hydrogen-bond acceptors (Lipinski definition) is 5. The maximum atomic E-state index is 11.3. The number of hydrogen-bond donors (Lipinski definition) is 1. The van der Waals surface area contributed by atoms with Gasteiger partial charge in [0.25, 0.3) is 0 Å². The lowest BCUT2D eigenvalue weighted by atomic mass is 9.72. The first-order chi connectivity index (χ1) is 9.58. The lowest BCUT2D eigenvalue weighted by Crippen LogP contribution is -2.46. The van der Waals surface area contributed by atoms with Crippen LogP contribution in [0.4, 0.5) is 0 Å². The van der Waals surface area contributed by atoms with E-state index >= 15 is 0 Å². The third kappa shape index (κ3) is 2.65. The number of ether oxygens (including phenoxy) is 1. The molecule has 6 nitrogen and oxygen atoms in total. The van der Waals surface area contributed by atoms with Crippen molar-refractivity contribution in [3.8, 4) is 5.75 Å². The lowest BCUT2D eigenvalue weighted by Gasteiger charge is -2.33. The largest absolute Gasteiger partial charge is 0.497 e. The van der Waals surface area contributed by atoms with Gasteiger partial charge in [-0.1, -0.05) is 12.1 Å². The molecular weight excluding hydrogens is 262 g/mol. The smallest absolute Gasteiger partial charge is 0.245 e. The fourth-order valence-corrected chi connectivity index (χ4v) is 2.92. The average Bonchev–Trinajstić information content (AvgIpc) is 2.46. The van der Waals surface area contributed by atoms with Gasteiger partial charge in [-0.3, -0.25) is 10.1 Å². The average molecular weight is 279 g/mol. The Labute approximate surface area is 116 Å². The molecule has 108 valence electrons. The van der Waals surface area contributed by atoms with Crippen LogP contribution < -0.4 is 4.74 Å². The van der Waals surface area contributed by atoms with Crippen LogP contribution in [0.5, 0.6) is 5.75 Å². The predicted octanol–water partition coefficient (Wildman–Crippen LogP) is 1.39. The second-order valence-corrected chi connectivity index (χ2v) is 5.02. The van der Waals surface area contributed by atoms with Crippen molar-refractivity contribution in [2.75, 3.05) is 7.11 Å². The number of aliphatic hydroxyl groups excluding tert-OH is 1. The minimum Gasteiger partial charge on any atom is -0.497 e. The van der Waals surface area contributed by atoms with Crippen molar-refractivity contribution in [1.29, 1.82) is 0 Å². The second kappa shape index (κ2) is 6.00. The number of methoxy groups -OCH3 is 1. The molecule has 0 saturated heterocycles. The minimum atomic E-state index is -1.16. The van der Waals surface area contributed by atoms with Crippen molar-refractivity contribution in [2.45, 2.75) is 30.9 Å². The summed E-state index contributed by atoms with van der Waals surface area (Å²) in [5, 5.41) is 21.2. The van der Waals surface area contributed by atoms with E-state index in [9.17, 15) is 20.0 Å². The van der Waals surface area contributed by atoms with Crippen molar-refractivity contribution in [1.82, 2.24) is 0 Å². The highest BCUT2D eigenvalue weighted by Crippen LogP contribution is 2.39. The third-order valence-corrected chi connectivity index (χ3v) is 3.92. The van der Waals surface area contributed by atoms with Crippen molar-refractivity contribution in [2.24, 2.45) is 5.92 Å². The monoisotopic (exact) mass is 279 g/mol. The van der Waals surface area contributed by atoms with Gasteiger partial charge in [-0.2, -0.15) is 0 Å². The summed E-state index contributed by atoms with van der Waals surface area (Å²) in [6.07, 6.45) is 0.455. The van der Waals surface area contributed by atoms with E-state index in [2.05, 4.69) is 0 Å². The summed E-state index contributed by atoms with van der Waals surface area (Å²) in [5.74, 6) is -0.503. The predicted molar refractivity (Wildman–Crippen MR) is 71.3 cm³/mol. The molecule has 1 aliphatic carbocycles. The van der Waals surface area contributed by atoms with Gasteiger partial charge in [-0.15, -0.1) is 0 Å². The fourth-order valence-electron chi connectivity index (χ4n) is 2.92.